The molecule has 0 radical (unpaired) electrons. The molecule has 102 valence electrons. The Labute approximate surface area is 126 Å². The minimum Gasteiger partial charge on any atom is -0.483 e. The lowest BCUT2D eigenvalue weighted by molar-refractivity contribution is -0.120. The molecule has 0 saturated carbocycles. The van der Waals surface area contributed by atoms with Gasteiger partial charge in [-0.2, -0.15) is 0 Å². The molecule has 0 atom stereocenters. The SMILES string of the molecule is O=C(COc1ccccc1Br)N1CCc2ccccc21. The summed E-state index contributed by atoms with van der Waals surface area (Å²) in [5, 5.41) is 0. The van der Waals surface area contributed by atoms with Gasteiger partial charge in [0.05, 0.1) is 4.47 Å². The van der Waals surface area contributed by atoms with E-state index in [4.69, 9.17) is 4.74 Å². The van der Waals surface area contributed by atoms with Crippen LogP contribution in [0.1, 0.15) is 5.56 Å². The zero-order valence-corrected chi connectivity index (χ0v) is 12.5. The molecule has 1 amide bonds. The molecule has 0 saturated heterocycles. The normalized spacial score (nSPS) is 13.2. The van der Waals surface area contributed by atoms with Crippen molar-refractivity contribution in [2.75, 3.05) is 18.1 Å². The number of carbonyl (C=O) groups excluding carboxylic acids is 1. The molecule has 0 spiro atoms. The Morgan fingerprint density at radius 1 is 1.15 bits per heavy atom. The summed E-state index contributed by atoms with van der Waals surface area (Å²) in [5.74, 6) is 0.680. The van der Waals surface area contributed by atoms with Gasteiger partial charge in [0.15, 0.2) is 6.61 Å². The largest absolute Gasteiger partial charge is 0.483 e. The van der Waals surface area contributed by atoms with Crippen molar-refractivity contribution in [1.82, 2.24) is 0 Å². The second kappa shape index (κ2) is 5.67. The molecule has 3 nitrogen and oxygen atoms in total. The summed E-state index contributed by atoms with van der Waals surface area (Å²) in [5.41, 5.74) is 2.23. The number of nitrogens with zero attached hydrogens (tertiary/aromatic N) is 1. The lowest BCUT2D eigenvalue weighted by Gasteiger charge is -2.17. The fourth-order valence-corrected chi connectivity index (χ4v) is 2.78. The number of para-hydroxylation sites is 2. The first-order chi connectivity index (χ1) is 9.75. The highest BCUT2D eigenvalue weighted by atomic mass is 79.9. The molecule has 0 N–H and O–H groups in total. The molecule has 2 aromatic rings. The molecule has 0 aromatic heterocycles. The van der Waals surface area contributed by atoms with Crippen LogP contribution in [0.3, 0.4) is 0 Å². The van der Waals surface area contributed by atoms with Crippen LogP contribution in [-0.4, -0.2) is 19.1 Å². The third-order valence-corrected chi connectivity index (χ3v) is 4.03. The van der Waals surface area contributed by atoms with E-state index in [0.29, 0.717) is 5.75 Å². The van der Waals surface area contributed by atoms with Gasteiger partial charge in [-0.1, -0.05) is 30.3 Å². The van der Waals surface area contributed by atoms with Crippen LogP contribution in [0.25, 0.3) is 0 Å². The third kappa shape index (κ3) is 2.56. The number of carbonyl (C=O) groups is 1. The Morgan fingerprint density at radius 2 is 1.90 bits per heavy atom. The first-order valence-electron chi connectivity index (χ1n) is 6.51. The summed E-state index contributed by atoms with van der Waals surface area (Å²) in [4.78, 5) is 14.1. The van der Waals surface area contributed by atoms with E-state index in [1.165, 1.54) is 5.56 Å². The number of rotatable bonds is 3. The summed E-state index contributed by atoms with van der Waals surface area (Å²) < 4.78 is 6.44. The summed E-state index contributed by atoms with van der Waals surface area (Å²) in [6, 6.07) is 15.5. The second-order valence-corrected chi connectivity index (χ2v) is 5.50. The van der Waals surface area contributed by atoms with Crippen LogP contribution in [0, 0.1) is 0 Å². The maximum absolute atomic E-state index is 12.3. The van der Waals surface area contributed by atoms with Gasteiger partial charge in [-0.15, -0.1) is 0 Å². The van der Waals surface area contributed by atoms with Crippen molar-refractivity contribution < 1.29 is 9.53 Å². The van der Waals surface area contributed by atoms with E-state index in [2.05, 4.69) is 22.0 Å². The second-order valence-electron chi connectivity index (χ2n) is 4.64. The summed E-state index contributed by atoms with van der Waals surface area (Å²) >= 11 is 3.41. The monoisotopic (exact) mass is 331 g/mol. The molecule has 1 aliphatic heterocycles. The molecule has 4 heteroatoms. The molecule has 0 aliphatic carbocycles. The number of anilines is 1. The van der Waals surface area contributed by atoms with Crippen LogP contribution in [-0.2, 0) is 11.2 Å². The maximum atomic E-state index is 12.3. The molecule has 3 rings (SSSR count). The summed E-state index contributed by atoms with van der Waals surface area (Å²) in [7, 11) is 0. The highest BCUT2D eigenvalue weighted by Crippen LogP contribution is 2.28. The quantitative estimate of drug-likeness (QED) is 0.862. The zero-order valence-electron chi connectivity index (χ0n) is 10.9. The van der Waals surface area contributed by atoms with Gasteiger partial charge in [-0.3, -0.25) is 4.79 Å². The van der Waals surface area contributed by atoms with E-state index in [-0.39, 0.29) is 12.5 Å². The number of benzene rings is 2. The highest BCUT2D eigenvalue weighted by molar-refractivity contribution is 9.10. The fraction of sp³-hybridized carbons (Fsp3) is 0.188. The van der Waals surface area contributed by atoms with Gasteiger partial charge in [0.25, 0.3) is 5.91 Å². The van der Waals surface area contributed by atoms with Crippen LogP contribution < -0.4 is 9.64 Å². The Bertz CT molecular complexity index is 642. The van der Waals surface area contributed by atoms with Crippen LogP contribution in [0.4, 0.5) is 5.69 Å². The van der Waals surface area contributed by atoms with Gasteiger partial charge in [-0.05, 0) is 46.1 Å². The van der Waals surface area contributed by atoms with Gasteiger partial charge in [-0.25, -0.2) is 0 Å². The van der Waals surface area contributed by atoms with Crippen molar-refractivity contribution in [3.8, 4) is 5.75 Å². The van der Waals surface area contributed by atoms with Gasteiger partial charge < -0.3 is 9.64 Å². The van der Waals surface area contributed by atoms with Crippen LogP contribution in [0.5, 0.6) is 5.75 Å². The molecule has 0 bridgehead atoms. The maximum Gasteiger partial charge on any atom is 0.264 e. The molecule has 1 heterocycles. The summed E-state index contributed by atoms with van der Waals surface area (Å²) in [6.45, 7) is 0.786. The minimum absolute atomic E-state index is 0.00861. The Morgan fingerprint density at radius 3 is 2.75 bits per heavy atom. The van der Waals surface area contributed by atoms with Crippen molar-refractivity contribution in [2.45, 2.75) is 6.42 Å². The van der Waals surface area contributed by atoms with Crippen molar-refractivity contribution in [3.05, 3.63) is 58.6 Å². The van der Waals surface area contributed by atoms with Crippen molar-refractivity contribution in [3.63, 3.8) is 0 Å². The minimum atomic E-state index is -0.00861. The van der Waals surface area contributed by atoms with Crippen LogP contribution in [0.2, 0.25) is 0 Å². The Hall–Kier alpha value is -1.81. The van der Waals surface area contributed by atoms with Gasteiger partial charge in [0.1, 0.15) is 5.75 Å². The highest BCUT2D eigenvalue weighted by Gasteiger charge is 2.24. The average Bonchev–Trinajstić information content (AvgIpc) is 2.90. The van der Waals surface area contributed by atoms with Crippen LogP contribution >= 0.6 is 15.9 Å². The van der Waals surface area contributed by atoms with Crippen LogP contribution in [0.15, 0.2) is 53.0 Å². The van der Waals surface area contributed by atoms with Crippen molar-refractivity contribution in [1.29, 1.82) is 0 Å². The van der Waals surface area contributed by atoms with Crippen molar-refractivity contribution in [2.24, 2.45) is 0 Å². The smallest absolute Gasteiger partial charge is 0.264 e. The number of halogens is 1. The van der Waals surface area contributed by atoms with E-state index >= 15 is 0 Å². The van der Waals surface area contributed by atoms with Crippen molar-refractivity contribution >= 4 is 27.5 Å². The number of ether oxygens (including phenoxy) is 1. The topological polar surface area (TPSA) is 29.5 Å². The van der Waals surface area contributed by atoms with E-state index in [1.807, 2.05) is 42.5 Å². The van der Waals surface area contributed by atoms with E-state index in [1.54, 1.807) is 4.90 Å². The van der Waals surface area contributed by atoms with Gasteiger partial charge >= 0.3 is 0 Å². The molecule has 0 fully saturated rings. The third-order valence-electron chi connectivity index (χ3n) is 3.38. The Balaban J connectivity index is 1.68. The number of hydrogen-bond donors (Lipinski definition) is 0. The van der Waals surface area contributed by atoms with E-state index < -0.39 is 0 Å². The van der Waals surface area contributed by atoms with E-state index in [9.17, 15) is 4.79 Å². The summed E-state index contributed by atoms with van der Waals surface area (Å²) in [6.07, 6.45) is 0.914. The number of fused-ring (bicyclic) bond motifs is 1. The molecular weight excluding hydrogens is 318 g/mol. The molecule has 20 heavy (non-hydrogen) atoms. The predicted molar refractivity (Wildman–Crippen MR) is 82.1 cm³/mol. The molecule has 2 aromatic carbocycles. The first-order valence-corrected chi connectivity index (χ1v) is 7.30. The average molecular weight is 332 g/mol. The predicted octanol–water partition coefficient (Wildman–Crippen LogP) is 3.42. The fourth-order valence-electron chi connectivity index (χ4n) is 2.38. The molecular formula is C16H14BrNO2. The zero-order chi connectivity index (χ0) is 13.9. The number of amides is 1. The molecule has 1 aliphatic rings. The Kier molecular flexibility index (Phi) is 3.74. The standard InChI is InChI=1S/C16H14BrNO2/c17-13-6-2-4-8-15(13)20-11-16(19)18-10-9-12-5-1-3-7-14(12)18/h1-8H,9-11H2. The number of hydrogen-bond acceptors (Lipinski definition) is 2. The van der Waals surface area contributed by atoms with Gasteiger partial charge in [0.2, 0.25) is 0 Å². The van der Waals surface area contributed by atoms with Gasteiger partial charge in [0, 0.05) is 12.2 Å². The van der Waals surface area contributed by atoms with E-state index in [0.717, 1.165) is 23.1 Å². The first kappa shape index (κ1) is 13.2. The molecule has 0 unspecified atom stereocenters. The lowest BCUT2D eigenvalue weighted by atomic mass is 10.2. The lowest BCUT2D eigenvalue weighted by Crippen LogP contribution is -2.33.